The Kier molecular flexibility index (Phi) is 3.72. The number of fused-ring (bicyclic) bond motifs is 2. The highest BCUT2D eigenvalue weighted by molar-refractivity contribution is 5.98. The van der Waals surface area contributed by atoms with Crippen LogP contribution in [0.15, 0.2) is 54.7 Å². The minimum Gasteiger partial charge on any atom is -0.508 e. The van der Waals surface area contributed by atoms with Gasteiger partial charge in [0.15, 0.2) is 5.69 Å². The number of aromatic hydroxyl groups is 1. The lowest BCUT2D eigenvalue weighted by molar-refractivity contribution is 0.0745. The van der Waals surface area contributed by atoms with Gasteiger partial charge in [-0.05, 0) is 42.7 Å². The number of hydrogen-bond donors (Lipinski definition) is 3. The van der Waals surface area contributed by atoms with Crippen LogP contribution in [0.4, 0.5) is 0 Å². The number of carbonyl (C=O) groups is 1. The summed E-state index contributed by atoms with van der Waals surface area (Å²) in [6.07, 6.45) is 2.75. The number of hydrogen-bond acceptors (Lipinski definition) is 3. The van der Waals surface area contributed by atoms with Crippen LogP contribution in [0.2, 0.25) is 0 Å². The maximum atomic E-state index is 13.1. The number of phenols is 1. The van der Waals surface area contributed by atoms with Crippen molar-refractivity contribution in [3.8, 4) is 5.75 Å². The molecule has 6 heteroatoms. The summed E-state index contributed by atoms with van der Waals surface area (Å²) in [4.78, 5) is 18.2. The van der Waals surface area contributed by atoms with E-state index in [1.54, 1.807) is 18.2 Å². The highest BCUT2D eigenvalue weighted by Crippen LogP contribution is 2.40. The Labute approximate surface area is 161 Å². The lowest BCUT2D eigenvalue weighted by Crippen LogP contribution is -2.31. The second-order valence-corrected chi connectivity index (χ2v) is 7.22. The van der Waals surface area contributed by atoms with E-state index in [0.29, 0.717) is 12.2 Å². The van der Waals surface area contributed by atoms with Crippen molar-refractivity contribution in [3.05, 3.63) is 82.8 Å². The molecule has 1 aliphatic rings. The van der Waals surface area contributed by atoms with Crippen LogP contribution in [0, 0.1) is 6.92 Å². The maximum Gasteiger partial charge on any atom is 0.275 e. The summed E-state index contributed by atoms with van der Waals surface area (Å²) >= 11 is 0. The van der Waals surface area contributed by atoms with Gasteiger partial charge in [0.1, 0.15) is 5.75 Å². The molecule has 5 rings (SSSR count). The van der Waals surface area contributed by atoms with E-state index < -0.39 is 0 Å². The molecule has 0 radical (unpaired) electrons. The van der Waals surface area contributed by atoms with Crippen molar-refractivity contribution in [1.29, 1.82) is 0 Å². The molecule has 1 unspecified atom stereocenters. The molecule has 140 valence electrons. The Morgan fingerprint density at radius 2 is 2.04 bits per heavy atom. The van der Waals surface area contributed by atoms with Crippen LogP contribution in [0.3, 0.4) is 0 Å². The fourth-order valence-corrected chi connectivity index (χ4v) is 4.20. The third-order valence-electron chi connectivity index (χ3n) is 5.53. The minimum absolute atomic E-state index is 0.0764. The van der Waals surface area contributed by atoms with E-state index in [4.69, 9.17) is 0 Å². The number of benzene rings is 2. The Morgan fingerprint density at radius 3 is 2.89 bits per heavy atom. The molecule has 4 aromatic rings. The summed E-state index contributed by atoms with van der Waals surface area (Å²) in [5, 5.41) is 18.3. The molecule has 2 aromatic heterocycles. The highest BCUT2D eigenvalue weighted by atomic mass is 16.3. The van der Waals surface area contributed by atoms with Crippen LogP contribution in [-0.4, -0.2) is 37.6 Å². The summed E-state index contributed by atoms with van der Waals surface area (Å²) in [5.74, 6) is 0.114. The number of amides is 1. The zero-order chi connectivity index (χ0) is 19.3. The van der Waals surface area contributed by atoms with Gasteiger partial charge in [0, 0.05) is 34.9 Å². The van der Waals surface area contributed by atoms with Gasteiger partial charge in [-0.3, -0.25) is 9.89 Å². The molecule has 3 N–H and O–H groups in total. The summed E-state index contributed by atoms with van der Waals surface area (Å²) in [7, 11) is 0. The highest BCUT2D eigenvalue weighted by Gasteiger charge is 2.41. The van der Waals surface area contributed by atoms with Gasteiger partial charge in [-0.1, -0.05) is 30.3 Å². The summed E-state index contributed by atoms with van der Waals surface area (Å²) < 4.78 is 0. The molecular weight excluding hydrogens is 352 g/mol. The van der Waals surface area contributed by atoms with Gasteiger partial charge in [0.05, 0.1) is 6.04 Å². The van der Waals surface area contributed by atoms with Crippen molar-refractivity contribution in [2.24, 2.45) is 0 Å². The van der Waals surface area contributed by atoms with Gasteiger partial charge < -0.3 is 15.0 Å². The Hall–Kier alpha value is -3.54. The second-order valence-electron chi connectivity index (χ2n) is 7.22. The molecule has 1 atom stereocenters. The average Bonchev–Trinajstić information content (AvgIpc) is 3.35. The number of rotatable bonds is 4. The number of carbonyl (C=O) groups excluding carboxylic acids is 1. The number of para-hydroxylation sites is 1. The third kappa shape index (κ3) is 2.49. The normalized spacial score (nSPS) is 16.1. The molecule has 2 aromatic carbocycles. The van der Waals surface area contributed by atoms with E-state index >= 15 is 0 Å². The summed E-state index contributed by atoms with van der Waals surface area (Å²) in [6, 6.07) is 15.0. The van der Waals surface area contributed by atoms with Crippen molar-refractivity contribution in [2.45, 2.75) is 19.4 Å². The largest absolute Gasteiger partial charge is 0.508 e. The van der Waals surface area contributed by atoms with Crippen molar-refractivity contribution >= 4 is 16.8 Å². The summed E-state index contributed by atoms with van der Waals surface area (Å²) in [6.45, 7) is 2.49. The zero-order valence-electron chi connectivity index (χ0n) is 15.4. The fourth-order valence-electron chi connectivity index (χ4n) is 4.20. The molecular formula is C22H20N4O2. The van der Waals surface area contributed by atoms with Crippen LogP contribution >= 0.6 is 0 Å². The quantitative estimate of drug-likeness (QED) is 0.511. The number of nitrogens with zero attached hydrogens (tertiary/aromatic N) is 2. The molecule has 28 heavy (non-hydrogen) atoms. The first-order valence-electron chi connectivity index (χ1n) is 9.33. The predicted octanol–water partition coefficient (Wildman–Crippen LogP) is 3.69. The van der Waals surface area contributed by atoms with Crippen molar-refractivity contribution < 1.29 is 9.90 Å². The van der Waals surface area contributed by atoms with Crippen LogP contribution in [0.1, 0.15) is 38.9 Å². The number of aromatic nitrogens is 3. The van der Waals surface area contributed by atoms with Crippen molar-refractivity contribution in [1.82, 2.24) is 20.1 Å². The lowest BCUT2D eigenvalue weighted by Gasteiger charge is -2.26. The number of H-pyrrole nitrogens is 2. The van der Waals surface area contributed by atoms with E-state index in [9.17, 15) is 9.90 Å². The first kappa shape index (κ1) is 16.6. The third-order valence-corrected chi connectivity index (χ3v) is 5.53. The standard InChI is InChI=1S/C22H20N4O2/c1-13-19-20(25-24-13)22(28)26(21(19)14-5-4-6-16(27)11-14)10-9-15-12-23-18-8-3-2-7-17(15)18/h2-8,11-12,21,23,27H,9-10H2,1H3,(H,24,25). The van der Waals surface area contributed by atoms with Gasteiger partial charge in [-0.15, -0.1) is 0 Å². The van der Waals surface area contributed by atoms with Gasteiger partial charge in [-0.2, -0.15) is 5.10 Å². The monoisotopic (exact) mass is 372 g/mol. The predicted molar refractivity (Wildman–Crippen MR) is 106 cm³/mol. The van der Waals surface area contributed by atoms with Gasteiger partial charge in [0.2, 0.25) is 0 Å². The first-order valence-corrected chi connectivity index (χ1v) is 9.33. The van der Waals surface area contributed by atoms with E-state index in [-0.39, 0.29) is 17.7 Å². The topological polar surface area (TPSA) is 85.0 Å². The molecule has 0 saturated carbocycles. The zero-order valence-corrected chi connectivity index (χ0v) is 15.4. The molecule has 0 saturated heterocycles. The summed E-state index contributed by atoms with van der Waals surface area (Å²) in [5.41, 5.74) is 5.42. The molecule has 3 heterocycles. The molecule has 1 aliphatic heterocycles. The van der Waals surface area contributed by atoms with Crippen LogP contribution in [0.25, 0.3) is 10.9 Å². The SMILES string of the molecule is Cc1[nH]nc2c1C(c1cccc(O)c1)N(CCc1c[nH]c3ccccc13)C2=O. The molecule has 0 fully saturated rings. The number of nitrogens with one attached hydrogen (secondary N) is 2. The van der Waals surface area contributed by atoms with E-state index in [1.165, 1.54) is 10.9 Å². The van der Waals surface area contributed by atoms with Crippen LogP contribution in [0.5, 0.6) is 5.75 Å². The average molecular weight is 372 g/mol. The molecule has 0 aliphatic carbocycles. The Balaban J connectivity index is 1.51. The Bertz CT molecular complexity index is 1190. The van der Waals surface area contributed by atoms with Gasteiger partial charge in [-0.25, -0.2) is 0 Å². The molecule has 1 amide bonds. The van der Waals surface area contributed by atoms with Crippen molar-refractivity contribution in [2.75, 3.05) is 6.54 Å². The van der Waals surface area contributed by atoms with E-state index in [0.717, 1.165) is 28.8 Å². The van der Waals surface area contributed by atoms with E-state index in [1.807, 2.05) is 42.3 Å². The molecule has 6 nitrogen and oxygen atoms in total. The first-order chi connectivity index (χ1) is 13.6. The minimum atomic E-state index is -0.251. The molecule has 0 bridgehead atoms. The lowest BCUT2D eigenvalue weighted by atomic mass is 9.98. The van der Waals surface area contributed by atoms with E-state index in [2.05, 4.69) is 21.2 Å². The van der Waals surface area contributed by atoms with Gasteiger partial charge in [0.25, 0.3) is 5.91 Å². The van der Waals surface area contributed by atoms with Gasteiger partial charge >= 0.3 is 0 Å². The second kappa shape index (κ2) is 6.27. The number of aromatic amines is 2. The molecule has 0 spiro atoms. The fraction of sp³-hybridized carbons (Fsp3) is 0.182. The number of phenolic OH excluding ortho intramolecular Hbond substituents is 1. The maximum absolute atomic E-state index is 13.1. The van der Waals surface area contributed by atoms with Crippen LogP contribution < -0.4 is 0 Å². The number of aryl methyl sites for hydroxylation is 1. The smallest absolute Gasteiger partial charge is 0.275 e. The van der Waals surface area contributed by atoms with Crippen LogP contribution in [-0.2, 0) is 6.42 Å². The Morgan fingerprint density at radius 1 is 1.18 bits per heavy atom. The van der Waals surface area contributed by atoms with Crippen molar-refractivity contribution in [3.63, 3.8) is 0 Å².